The van der Waals surface area contributed by atoms with Crippen LogP contribution < -0.4 is 10.6 Å². The number of aromatic nitrogens is 1. The smallest absolute Gasteiger partial charge is 0.339 e. The molecule has 3 rings (SSSR count). The van der Waals surface area contributed by atoms with Crippen molar-refractivity contribution in [3.8, 4) is 6.07 Å². The lowest BCUT2D eigenvalue weighted by molar-refractivity contribution is 0.0602. The van der Waals surface area contributed by atoms with E-state index in [1.807, 2.05) is 6.07 Å². The maximum atomic E-state index is 12.4. The van der Waals surface area contributed by atoms with Gasteiger partial charge in [-0.2, -0.15) is 5.26 Å². The molecule has 0 atom stereocenters. The van der Waals surface area contributed by atoms with Crippen LogP contribution in [0.2, 0.25) is 0 Å². The topological polar surface area (TPSA) is 104 Å². The van der Waals surface area contributed by atoms with E-state index in [-0.39, 0.29) is 11.3 Å². The van der Waals surface area contributed by atoms with Gasteiger partial charge in [0.25, 0.3) is 5.91 Å². The van der Waals surface area contributed by atoms with Crippen LogP contribution in [-0.4, -0.2) is 24.0 Å². The number of para-hydroxylation sites is 1. The summed E-state index contributed by atoms with van der Waals surface area (Å²) in [6.07, 6.45) is 1.51. The lowest BCUT2D eigenvalue weighted by Gasteiger charge is -2.10. The van der Waals surface area contributed by atoms with Gasteiger partial charge >= 0.3 is 5.97 Å². The van der Waals surface area contributed by atoms with Crippen molar-refractivity contribution in [2.75, 3.05) is 17.7 Å². The number of amides is 1. The van der Waals surface area contributed by atoms with Crippen LogP contribution >= 0.6 is 0 Å². The average molecular weight is 372 g/mol. The Morgan fingerprint density at radius 3 is 2.57 bits per heavy atom. The van der Waals surface area contributed by atoms with E-state index in [2.05, 4.69) is 21.7 Å². The minimum absolute atomic E-state index is 0.191. The molecule has 28 heavy (non-hydrogen) atoms. The van der Waals surface area contributed by atoms with Crippen molar-refractivity contribution in [1.29, 1.82) is 5.26 Å². The van der Waals surface area contributed by atoms with Gasteiger partial charge in [-0.15, -0.1) is 0 Å². The highest BCUT2D eigenvalue weighted by Crippen LogP contribution is 2.19. The predicted octanol–water partition coefficient (Wildman–Crippen LogP) is 3.74. The molecule has 7 nitrogen and oxygen atoms in total. The van der Waals surface area contributed by atoms with Gasteiger partial charge in [-0.25, -0.2) is 9.78 Å². The quantitative estimate of drug-likeness (QED) is 0.661. The number of benzene rings is 2. The van der Waals surface area contributed by atoms with E-state index in [0.29, 0.717) is 16.9 Å². The van der Waals surface area contributed by atoms with E-state index in [0.717, 1.165) is 5.69 Å². The zero-order chi connectivity index (χ0) is 19.9. The van der Waals surface area contributed by atoms with Crippen molar-refractivity contribution in [2.24, 2.45) is 0 Å². The zero-order valence-electron chi connectivity index (χ0n) is 15.0. The summed E-state index contributed by atoms with van der Waals surface area (Å²) in [7, 11) is 1.28. The number of hydrogen-bond acceptors (Lipinski definition) is 6. The zero-order valence-corrected chi connectivity index (χ0v) is 15.0. The van der Waals surface area contributed by atoms with Gasteiger partial charge in [0.05, 0.1) is 41.9 Å². The summed E-state index contributed by atoms with van der Waals surface area (Å²) in [4.78, 5) is 28.4. The second-order valence-electron chi connectivity index (χ2n) is 5.74. The van der Waals surface area contributed by atoms with E-state index in [9.17, 15) is 9.59 Å². The molecule has 0 aliphatic carbocycles. The van der Waals surface area contributed by atoms with Crippen LogP contribution in [0.5, 0.6) is 0 Å². The average Bonchev–Trinajstić information content (AvgIpc) is 2.74. The SMILES string of the molecule is COC(=O)c1ccccc1NC(=O)c1ccc(Nc2cccc(C#N)c2)cn1. The first-order valence-electron chi connectivity index (χ1n) is 8.32. The van der Waals surface area contributed by atoms with Gasteiger partial charge in [0.15, 0.2) is 0 Å². The first kappa shape index (κ1) is 18.6. The van der Waals surface area contributed by atoms with Gasteiger partial charge in [0, 0.05) is 5.69 Å². The number of ether oxygens (including phenoxy) is 1. The van der Waals surface area contributed by atoms with Crippen LogP contribution in [0.1, 0.15) is 26.4 Å². The normalized spacial score (nSPS) is 9.86. The molecule has 2 N–H and O–H groups in total. The van der Waals surface area contributed by atoms with Gasteiger partial charge in [0.2, 0.25) is 0 Å². The van der Waals surface area contributed by atoms with Gasteiger partial charge in [0.1, 0.15) is 5.69 Å². The van der Waals surface area contributed by atoms with Crippen molar-refractivity contribution < 1.29 is 14.3 Å². The number of esters is 1. The Morgan fingerprint density at radius 2 is 1.86 bits per heavy atom. The molecule has 0 fully saturated rings. The Labute approximate surface area is 161 Å². The minimum atomic E-state index is -0.539. The molecule has 1 amide bonds. The number of nitriles is 1. The number of carbonyl (C=O) groups excluding carboxylic acids is 2. The molecule has 0 spiro atoms. The Kier molecular flexibility index (Phi) is 5.63. The number of pyridine rings is 1. The van der Waals surface area contributed by atoms with Crippen molar-refractivity contribution in [1.82, 2.24) is 4.98 Å². The van der Waals surface area contributed by atoms with Gasteiger partial charge < -0.3 is 15.4 Å². The summed E-state index contributed by atoms with van der Waals surface area (Å²) in [5.74, 6) is -0.989. The number of nitrogens with zero attached hydrogens (tertiary/aromatic N) is 2. The largest absolute Gasteiger partial charge is 0.465 e. The molecule has 0 aliphatic heterocycles. The summed E-state index contributed by atoms with van der Waals surface area (Å²) in [6, 6.07) is 18.9. The number of carbonyl (C=O) groups is 2. The molecule has 3 aromatic rings. The van der Waals surface area contributed by atoms with Gasteiger partial charge in [-0.3, -0.25) is 4.79 Å². The lowest BCUT2D eigenvalue weighted by atomic mass is 10.1. The third-order valence-corrected chi connectivity index (χ3v) is 3.86. The molecule has 0 saturated heterocycles. The summed E-state index contributed by atoms with van der Waals surface area (Å²) in [6.45, 7) is 0. The van der Waals surface area contributed by atoms with Crippen LogP contribution in [0.15, 0.2) is 66.9 Å². The van der Waals surface area contributed by atoms with E-state index >= 15 is 0 Å². The third-order valence-electron chi connectivity index (χ3n) is 3.86. The minimum Gasteiger partial charge on any atom is -0.465 e. The van der Waals surface area contributed by atoms with E-state index in [1.165, 1.54) is 13.3 Å². The summed E-state index contributed by atoms with van der Waals surface area (Å²) in [5.41, 5.74) is 2.74. The first-order valence-corrected chi connectivity index (χ1v) is 8.32. The van der Waals surface area contributed by atoms with Crippen LogP contribution in [0.25, 0.3) is 0 Å². The number of rotatable bonds is 5. The molecule has 0 unspecified atom stereocenters. The predicted molar refractivity (Wildman–Crippen MR) is 104 cm³/mol. The van der Waals surface area contributed by atoms with Crippen molar-refractivity contribution >= 4 is 28.9 Å². The first-order chi connectivity index (χ1) is 13.6. The summed E-state index contributed by atoms with van der Waals surface area (Å²) >= 11 is 0. The standard InChI is InChI=1S/C21H16N4O3/c1-28-21(27)17-7-2-3-8-18(17)25-20(26)19-10-9-16(13-23-19)24-15-6-4-5-14(11-15)12-22/h2-11,13,24H,1H3,(H,25,26). The monoisotopic (exact) mass is 372 g/mol. The van der Waals surface area contributed by atoms with Gasteiger partial charge in [-0.05, 0) is 42.5 Å². The van der Waals surface area contributed by atoms with Crippen LogP contribution in [-0.2, 0) is 4.74 Å². The molecule has 7 heteroatoms. The Morgan fingerprint density at radius 1 is 1.04 bits per heavy atom. The van der Waals surface area contributed by atoms with Crippen molar-refractivity contribution in [3.63, 3.8) is 0 Å². The molecule has 2 aromatic carbocycles. The molecule has 0 aliphatic rings. The molecular formula is C21H16N4O3. The second kappa shape index (κ2) is 8.47. The van der Waals surface area contributed by atoms with Crippen molar-refractivity contribution in [2.45, 2.75) is 0 Å². The Hall–Kier alpha value is -4.18. The fourth-order valence-electron chi connectivity index (χ4n) is 2.50. The highest BCUT2D eigenvalue weighted by atomic mass is 16.5. The summed E-state index contributed by atoms with van der Waals surface area (Å²) in [5, 5.41) is 14.7. The number of anilines is 3. The second-order valence-corrected chi connectivity index (χ2v) is 5.74. The van der Waals surface area contributed by atoms with Crippen LogP contribution in [0.3, 0.4) is 0 Å². The number of methoxy groups -OCH3 is 1. The number of nitrogens with one attached hydrogen (secondary N) is 2. The van der Waals surface area contributed by atoms with E-state index in [4.69, 9.17) is 10.00 Å². The van der Waals surface area contributed by atoms with E-state index < -0.39 is 11.9 Å². The van der Waals surface area contributed by atoms with Crippen LogP contribution in [0, 0.1) is 11.3 Å². The Bertz CT molecular complexity index is 1060. The molecule has 0 saturated carbocycles. The lowest BCUT2D eigenvalue weighted by Crippen LogP contribution is -2.16. The highest BCUT2D eigenvalue weighted by Gasteiger charge is 2.15. The molecule has 0 radical (unpaired) electrons. The molecule has 0 bridgehead atoms. The molecular weight excluding hydrogens is 356 g/mol. The molecule has 138 valence electrons. The maximum absolute atomic E-state index is 12.4. The maximum Gasteiger partial charge on any atom is 0.339 e. The Balaban J connectivity index is 1.72. The number of hydrogen-bond donors (Lipinski definition) is 2. The molecule has 1 aromatic heterocycles. The highest BCUT2D eigenvalue weighted by molar-refractivity contribution is 6.07. The van der Waals surface area contributed by atoms with E-state index in [1.54, 1.807) is 54.6 Å². The molecule has 1 heterocycles. The fraction of sp³-hybridized carbons (Fsp3) is 0.0476. The summed E-state index contributed by atoms with van der Waals surface area (Å²) < 4.78 is 4.72. The van der Waals surface area contributed by atoms with Gasteiger partial charge in [-0.1, -0.05) is 18.2 Å². The fourth-order valence-corrected chi connectivity index (χ4v) is 2.50. The van der Waals surface area contributed by atoms with Crippen LogP contribution in [0.4, 0.5) is 17.1 Å². The van der Waals surface area contributed by atoms with Crippen molar-refractivity contribution in [3.05, 3.63) is 83.7 Å². The third kappa shape index (κ3) is 4.31.